The van der Waals surface area contributed by atoms with Crippen LogP contribution in [0.4, 0.5) is 11.6 Å². The lowest BCUT2D eigenvalue weighted by Crippen LogP contribution is -2.49. The van der Waals surface area contributed by atoms with Crippen molar-refractivity contribution in [3.63, 3.8) is 0 Å². The van der Waals surface area contributed by atoms with Crippen molar-refractivity contribution >= 4 is 17.5 Å². The first-order valence-corrected chi connectivity index (χ1v) is 10.3. The van der Waals surface area contributed by atoms with Gasteiger partial charge in [0.1, 0.15) is 18.0 Å². The lowest BCUT2D eigenvalue weighted by Gasteiger charge is -2.40. The molecular formula is C20H32N6O. The van der Waals surface area contributed by atoms with Crippen molar-refractivity contribution < 1.29 is 4.79 Å². The van der Waals surface area contributed by atoms with E-state index in [1.165, 1.54) is 25.7 Å². The van der Waals surface area contributed by atoms with Gasteiger partial charge in [-0.15, -0.1) is 0 Å². The van der Waals surface area contributed by atoms with E-state index in [9.17, 15) is 4.79 Å². The molecule has 1 unspecified atom stereocenters. The van der Waals surface area contributed by atoms with Gasteiger partial charge in [-0.3, -0.25) is 4.79 Å². The molecule has 0 spiro atoms. The molecule has 1 aromatic rings. The van der Waals surface area contributed by atoms with E-state index in [0.29, 0.717) is 24.0 Å². The van der Waals surface area contributed by atoms with Gasteiger partial charge >= 0.3 is 0 Å². The van der Waals surface area contributed by atoms with Gasteiger partial charge in [0.25, 0.3) is 0 Å². The van der Waals surface area contributed by atoms with Gasteiger partial charge in [-0.1, -0.05) is 0 Å². The zero-order chi connectivity index (χ0) is 19.0. The van der Waals surface area contributed by atoms with E-state index in [1.54, 1.807) is 6.33 Å². The average Bonchev–Trinajstić information content (AvgIpc) is 3.46. The molecule has 1 aromatic heterocycles. The molecule has 1 saturated carbocycles. The quantitative estimate of drug-likeness (QED) is 0.756. The summed E-state index contributed by atoms with van der Waals surface area (Å²) in [5.41, 5.74) is 0. The highest BCUT2D eigenvalue weighted by Crippen LogP contribution is 2.36. The summed E-state index contributed by atoms with van der Waals surface area (Å²) in [6.45, 7) is 3.24. The van der Waals surface area contributed by atoms with Gasteiger partial charge in [-0.2, -0.15) is 0 Å². The number of likely N-dealkylation sites (N-methyl/N-ethyl adjacent to an activating group) is 1. The number of hydrogen-bond donors (Lipinski definition) is 0. The molecule has 0 aromatic carbocycles. The Morgan fingerprint density at radius 1 is 1.04 bits per heavy atom. The zero-order valence-electron chi connectivity index (χ0n) is 16.8. The number of carbonyl (C=O) groups excluding carboxylic acids is 1. The maximum absolute atomic E-state index is 11.8. The molecule has 1 aliphatic carbocycles. The van der Waals surface area contributed by atoms with Crippen molar-refractivity contribution in [3.8, 4) is 0 Å². The predicted octanol–water partition coefficient (Wildman–Crippen LogP) is 1.60. The van der Waals surface area contributed by atoms with Crippen LogP contribution in [0.2, 0.25) is 0 Å². The van der Waals surface area contributed by atoms with Crippen LogP contribution in [0.5, 0.6) is 0 Å². The largest absolute Gasteiger partial charge is 0.363 e. The molecule has 3 fully saturated rings. The Morgan fingerprint density at radius 3 is 2.30 bits per heavy atom. The summed E-state index contributed by atoms with van der Waals surface area (Å²) in [6.07, 6.45) is 8.31. The number of piperidine rings is 1. The van der Waals surface area contributed by atoms with Crippen LogP contribution in [0.3, 0.4) is 0 Å². The molecule has 148 valence electrons. The van der Waals surface area contributed by atoms with Gasteiger partial charge in [-0.25, -0.2) is 9.97 Å². The van der Waals surface area contributed by atoms with Crippen molar-refractivity contribution in [2.45, 2.75) is 56.7 Å². The summed E-state index contributed by atoms with van der Waals surface area (Å²) < 4.78 is 0. The van der Waals surface area contributed by atoms with Crippen LogP contribution in [0.15, 0.2) is 12.4 Å². The Balaban J connectivity index is 1.38. The third-order valence-electron chi connectivity index (χ3n) is 6.35. The third-order valence-corrected chi connectivity index (χ3v) is 6.35. The summed E-state index contributed by atoms with van der Waals surface area (Å²) in [7, 11) is 6.01. The molecule has 2 aliphatic heterocycles. The van der Waals surface area contributed by atoms with Crippen LogP contribution in [0.25, 0.3) is 0 Å². The van der Waals surface area contributed by atoms with E-state index in [2.05, 4.69) is 25.8 Å². The SMILES string of the molecule is CN(C)c1cc(N(C2CC2)C2CCN(CC3CCC(=O)N3C)CC2)ncn1. The van der Waals surface area contributed by atoms with E-state index in [-0.39, 0.29) is 0 Å². The van der Waals surface area contributed by atoms with Crippen LogP contribution in [0, 0.1) is 0 Å². The minimum absolute atomic E-state index is 0.301. The summed E-state index contributed by atoms with van der Waals surface area (Å²) in [5.74, 6) is 2.35. The molecular weight excluding hydrogens is 340 g/mol. The van der Waals surface area contributed by atoms with Gasteiger partial charge < -0.3 is 19.6 Å². The van der Waals surface area contributed by atoms with Crippen LogP contribution in [-0.2, 0) is 4.79 Å². The molecule has 0 N–H and O–H groups in total. The molecule has 27 heavy (non-hydrogen) atoms. The Hall–Kier alpha value is -1.89. The van der Waals surface area contributed by atoms with Crippen LogP contribution >= 0.6 is 0 Å². The minimum Gasteiger partial charge on any atom is -0.363 e. The summed E-state index contributed by atoms with van der Waals surface area (Å²) in [6, 6.07) is 3.73. The number of nitrogens with zero attached hydrogens (tertiary/aromatic N) is 6. The number of aromatic nitrogens is 2. The molecule has 2 saturated heterocycles. The van der Waals surface area contributed by atoms with E-state index < -0.39 is 0 Å². The summed E-state index contributed by atoms with van der Waals surface area (Å²) in [4.78, 5) is 29.9. The monoisotopic (exact) mass is 372 g/mol. The predicted molar refractivity (Wildman–Crippen MR) is 107 cm³/mol. The topological polar surface area (TPSA) is 55.8 Å². The van der Waals surface area contributed by atoms with E-state index in [4.69, 9.17) is 0 Å². The molecule has 7 nitrogen and oxygen atoms in total. The lowest BCUT2D eigenvalue weighted by atomic mass is 10.0. The zero-order valence-corrected chi connectivity index (χ0v) is 16.8. The van der Waals surface area contributed by atoms with Crippen LogP contribution in [0.1, 0.15) is 38.5 Å². The Kier molecular flexibility index (Phi) is 5.21. The first-order chi connectivity index (χ1) is 13.0. The highest BCUT2D eigenvalue weighted by molar-refractivity contribution is 5.78. The van der Waals surface area contributed by atoms with Gasteiger partial charge in [0, 0.05) is 71.4 Å². The standard InChI is InChI=1S/C20H32N6O/c1-23(2)18-12-19(22-14-21-18)26(15-4-5-15)16-8-10-25(11-9-16)13-17-6-7-20(27)24(17)3/h12,14-17H,4-11,13H2,1-3H3. The van der Waals surface area contributed by atoms with Gasteiger partial charge in [0.2, 0.25) is 5.91 Å². The van der Waals surface area contributed by atoms with Crippen molar-refractivity contribution in [1.82, 2.24) is 19.8 Å². The Morgan fingerprint density at radius 2 is 1.70 bits per heavy atom. The fourth-order valence-electron chi connectivity index (χ4n) is 4.50. The molecule has 0 bridgehead atoms. The number of anilines is 2. The summed E-state index contributed by atoms with van der Waals surface area (Å²) in [5, 5.41) is 0. The van der Waals surface area contributed by atoms with Crippen molar-refractivity contribution in [1.29, 1.82) is 0 Å². The molecule has 3 heterocycles. The fourth-order valence-corrected chi connectivity index (χ4v) is 4.50. The lowest BCUT2D eigenvalue weighted by molar-refractivity contribution is -0.127. The molecule has 3 aliphatic rings. The first-order valence-electron chi connectivity index (χ1n) is 10.3. The normalized spacial score (nSPS) is 24.5. The number of likely N-dealkylation sites (tertiary alicyclic amines) is 2. The Bertz CT molecular complexity index is 668. The second-order valence-corrected chi connectivity index (χ2v) is 8.50. The first kappa shape index (κ1) is 18.5. The molecule has 4 rings (SSSR count). The van der Waals surface area contributed by atoms with Crippen molar-refractivity contribution in [2.75, 3.05) is 50.6 Å². The maximum Gasteiger partial charge on any atom is 0.222 e. The second kappa shape index (κ2) is 7.62. The molecule has 1 atom stereocenters. The average molecular weight is 373 g/mol. The van der Waals surface area contributed by atoms with E-state index >= 15 is 0 Å². The second-order valence-electron chi connectivity index (χ2n) is 8.50. The third kappa shape index (κ3) is 4.03. The highest BCUT2D eigenvalue weighted by atomic mass is 16.2. The number of carbonyl (C=O) groups is 1. The van der Waals surface area contributed by atoms with Gasteiger partial charge in [0.15, 0.2) is 0 Å². The molecule has 1 amide bonds. The Labute approximate surface area is 162 Å². The van der Waals surface area contributed by atoms with E-state index in [0.717, 1.165) is 44.1 Å². The highest BCUT2D eigenvalue weighted by Gasteiger charge is 2.37. The van der Waals surface area contributed by atoms with Crippen molar-refractivity contribution in [2.24, 2.45) is 0 Å². The smallest absolute Gasteiger partial charge is 0.222 e. The molecule has 0 radical (unpaired) electrons. The number of hydrogen-bond acceptors (Lipinski definition) is 6. The summed E-state index contributed by atoms with van der Waals surface area (Å²) >= 11 is 0. The number of amides is 1. The maximum atomic E-state index is 11.8. The van der Waals surface area contributed by atoms with Gasteiger partial charge in [-0.05, 0) is 32.1 Å². The van der Waals surface area contributed by atoms with Crippen LogP contribution in [-0.4, -0.2) is 84.6 Å². The number of rotatable bonds is 6. The van der Waals surface area contributed by atoms with E-state index in [1.807, 2.05) is 30.9 Å². The fraction of sp³-hybridized carbons (Fsp3) is 0.750. The van der Waals surface area contributed by atoms with Crippen LogP contribution < -0.4 is 9.80 Å². The van der Waals surface area contributed by atoms with Crippen molar-refractivity contribution in [3.05, 3.63) is 12.4 Å². The van der Waals surface area contributed by atoms with Gasteiger partial charge in [0.05, 0.1) is 0 Å². The minimum atomic E-state index is 0.301. The molecule has 7 heteroatoms.